The molecule has 180 valence electrons. The summed E-state index contributed by atoms with van der Waals surface area (Å²) in [5.74, 6) is -5.13. The second kappa shape index (κ2) is 8.23. The molecule has 2 saturated carbocycles. The Bertz CT molecular complexity index is 1020. The minimum absolute atomic E-state index is 0.116. The smallest absolute Gasteiger partial charge is 0.271 e. The number of nitrogens with zero attached hydrogens (tertiary/aromatic N) is 1. The number of aromatic amines is 1. The van der Waals surface area contributed by atoms with Gasteiger partial charge in [-0.05, 0) is 48.8 Å². The molecule has 1 aromatic heterocycles. The maximum absolute atomic E-state index is 13.4. The average molecular weight is 468 g/mol. The zero-order chi connectivity index (χ0) is 23.4. The number of amides is 1. The van der Waals surface area contributed by atoms with Crippen molar-refractivity contribution in [3.05, 3.63) is 29.6 Å². The normalized spacial score (nSPS) is 26.5. The standard InChI is InChI=1S/C23H28F4N4O2/c24-22(25)6-5-17(33-11-22)19(28)21-29-15-4-3-14(8-16(15)30-21)20(13-1-2-13)31-18(32)7-12-9-23(26,27)10-12/h3-4,8,12-13,17,19-20H,1-2,5-7,9-11,28H2,(H,29,30)(H,31,32)/t17?,19-,20+/m0/s1. The molecule has 1 aromatic carbocycles. The van der Waals surface area contributed by atoms with Gasteiger partial charge in [0.25, 0.3) is 5.92 Å². The molecule has 1 amide bonds. The summed E-state index contributed by atoms with van der Waals surface area (Å²) >= 11 is 0. The zero-order valence-corrected chi connectivity index (χ0v) is 18.1. The van der Waals surface area contributed by atoms with Gasteiger partial charge in [0.05, 0.1) is 29.2 Å². The summed E-state index contributed by atoms with van der Waals surface area (Å²) in [6, 6.07) is 4.80. The van der Waals surface area contributed by atoms with Crippen molar-refractivity contribution in [2.24, 2.45) is 17.6 Å². The third kappa shape index (κ3) is 5.01. The molecule has 1 unspecified atom stereocenters. The summed E-state index contributed by atoms with van der Waals surface area (Å²) < 4.78 is 58.2. The van der Waals surface area contributed by atoms with E-state index in [1.165, 1.54) is 0 Å². The molecule has 3 fully saturated rings. The van der Waals surface area contributed by atoms with Crippen LogP contribution in [0.25, 0.3) is 11.0 Å². The molecule has 6 nitrogen and oxygen atoms in total. The van der Waals surface area contributed by atoms with Gasteiger partial charge in [0.15, 0.2) is 0 Å². The van der Waals surface area contributed by atoms with Gasteiger partial charge in [-0.1, -0.05) is 6.07 Å². The average Bonchev–Trinajstić information content (AvgIpc) is 3.48. The van der Waals surface area contributed by atoms with Crippen LogP contribution in [0.2, 0.25) is 0 Å². The van der Waals surface area contributed by atoms with E-state index in [-0.39, 0.29) is 50.0 Å². The Balaban J connectivity index is 1.27. The van der Waals surface area contributed by atoms with Crippen molar-refractivity contribution in [1.29, 1.82) is 0 Å². The summed E-state index contributed by atoms with van der Waals surface area (Å²) in [5.41, 5.74) is 8.58. The molecule has 2 aliphatic carbocycles. The first-order valence-electron chi connectivity index (χ1n) is 11.5. The van der Waals surface area contributed by atoms with Crippen LogP contribution in [-0.4, -0.2) is 40.4 Å². The molecule has 0 radical (unpaired) electrons. The van der Waals surface area contributed by atoms with Crippen molar-refractivity contribution in [3.8, 4) is 0 Å². The molecule has 0 spiro atoms. The van der Waals surface area contributed by atoms with Crippen molar-refractivity contribution >= 4 is 16.9 Å². The van der Waals surface area contributed by atoms with E-state index >= 15 is 0 Å². The molecule has 10 heteroatoms. The van der Waals surface area contributed by atoms with Gasteiger partial charge in [-0.15, -0.1) is 0 Å². The summed E-state index contributed by atoms with van der Waals surface area (Å²) in [4.78, 5) is 20.2. The van der Waals surface area contributed by atoms with E-state index in [1.54, 1.807) is 0 Å². The first-order chi connectivity index (χ1) is 15.6. The fraction of sp³-hybridized carbons (Fsp3) is 0.652. The molecule has 2 aromatic rings. The Labute approximate surface area is 188 Å². The van der Waals surface area contributed by atoms with Gasteiger partial charge < -0.3 is 20.8 Å². The number of nitrogens with two attached hydrogens (primary N) is 1. The van der Waals surface area contributed by atoms with Crippen molar-refractivity contribution in [3.63, 3.8) is 0 Å². The Hall–Kier alpha value is -2.20. The van der Waals surface area contributed by atoms with Gasteiger partial charge in [-0.2, -0.15) is 0 Å². The predicted molar refractivity (Wildman–Crippen MR) is 113 cm³/mol. The number of carbonyl (C=O) groups is 1. The van der Waals surface area contributed by atoms with Crippen LogP contribution in [0.4, 0.5) is 17.6 Å². The number of hydrogen-bond acceptors (Lipinski definition) is 4. The first-order valence-corrected chi connectivity index (χ1v) is 11.5. The third-order valence-corrected chi connectivity index (χ3v) is 6.96. The highest BCUT2D eigenvalue weighted by atomic mass is 19.3. The molecule has 0 bridgehead atoms. The molecule has 5 rings (SSSR count). The largest absolute Gasteiger partial charge is 0.370 e. The number of aromatic nitrogens is 2. The lowest BCUT2D eigenvalue weighted by Crippen LogP contribution is -2.40. The molecule has 4 N–H and O–H groups in total. The first kappa shape index (κ1) is 22.6. The summed E-state index contributed by atoms with van der Waals surface area (Å²) in [5, 5.41) is 3.04. The van der Waals surface area contributed by atoms with Gasteiger partial charge in [0, 0.05) is 25.7 Å². The monoisotopic (exact) mass is 468 g/mol. The van der Waals surface area contributed by atoms with Crippen LogP contribution in [0.15, 0.2) is 18.2 Å². The van der Waals surface area contributed by atoms with Crippen molar-refractivity contribution < 1.29 is 27.1 Å². The molecular formula is C23H28F4N4O2. The third-order valence-electron chi connectivity index (χ3n) is 6.96. The van der Waals surface area contributed by atoms with Gasteiger partial charge >= 0.3 is 0 Å². The molecule has 3 atom stereocenters. The second-order valence-electron chi connectivity index (χ2n) is 9.89. The van der Waals surface area contributed by atoms with Crippen LogP contribution < -0.4 is 11.1 Å². The number of nitrogens with one attached hydrogen (secondary N) is 2. The van der Waals surface area contributed by atoms with Crippen molar-refractivity contribution in [2.75, 3.05) is 6.61 Å². The number of imidazole rings is 1. The fourth-order valence-corrected chi connectivity index (χ4v) is 4.92. The van der Waals surface area contributed by atoms with E-state index in [0.29, 0.717) is 17.3 Å². The lowest BCUT2D eigenvalue weighted by Gasteiger charge is -2.34. The predicted octanol–water partition coefficient (Wildman–Crippen LogP) is 4.38. The van der Waals surface area contributed by atoms with E-state index in [0.717, 1.165) is 23.9 Å². The number of fused-ring (bicyclic) bond motifs is 1. The summed E-state index contributed by atoms with van der Waals surface area (Å²) in [6.07, 6.45) is 1.00. The lowest BCUT2D eigenvalue weighted by atomic mass is 9.79. The second-order valence-corrected chi connectivity index (χ2v) is 9.89. The number of alkyl halides is 4. The fourth-order valence-electron chi connectivity index (χ4n) is 4.92. The summed E-state index contributed by atoms with van der Waals surface area (Å²) in [7, 11) is 0. The lowest BCUT2D eigenvalue weighted by molar-refractivity contribution is -0.149. The number of ether oxygens (including phenoxy) is 1. The number of carbonyl (C=O) groups excluding carboxylic acids is 1. The van der Waals surface area contributed by atoms with E-state index in [4.69, 9.17) is 10.5 Å². The van der Waals surface area contributed by atoms with Crippen molar-refractivity contribution in [1.82, 2.24) is 15.3 Å². The SMILES string of the molecule is N[C@H](c1nc2ccc([C@H](NC(=O)CC3CC(F)(F)C3)C3CC3)cc2[nH]1)C1CCC(F)(F)CO1. The van der Waals surface area contributed by atoms with E-state index in [2.05, 4.69) is 15.3 Å². The van der Waals surface area contributed by atoms with E-state index < -0.39 is 30.6 Å². The van der Waals surface area contributed by atoms with Crippen LogP contribution in [0.3, 0.4) is 0 Å². The molecular weight excluding hydrogens is 440 g/mol. The van der Waals surface area contributed by atoms with Gasteiger partial charge in [-0.3, -0.25) is 4.79 Å². The Morgan fingerprint density at radius 1 is 1.21 bits per heavy atom. The van der Waals surface area contributed by atoms with Crippen LogP contribution in [-0.2, 0) is 9.53 Å². The summed E-state index contributed by atoms with van der Waals surface area (Å²) in [6.45, 7) is -0.642. The highest BCUT2D eigenvalue weighted by Crippen LogP contribution is 2.45. The maximum atomic E-state index is 13.4. The van der Waals surface area contributed by atoms with Gasteiger partial charge in [0.2, 0.25) is 11.8 Å². The Morgan fingerprint density at radius 2 is 1.97 bits per heavy atom. The Kier molecular flexibility index (Phi) is 5.63. The number of H-pyrrole nitrogens is 1. The quantitative estimate of drug-likeness (QED) is 0.526. The van der Waals surface area contributed by atoms with Crippen LogP contribution in [0.5, 0.6) is 0 Å². The molecule has 1 saturated heterocycles. The molecule has 1 aliphatic heterocycles. The van der Waals surface area contributed by atoms with Gasteiger partial charge in [0.1, 0.15) is 12.4 Å². The number of benzene rings is 1. The molecule has 2 heterocycles. The minimum atomic E-state index is -2.82. The Morgan fingerprint density at radius 3 is 2.61 bits per heavy atom. The minimum Gasteiger partial charge on any atom is -0.370 e. The van der Waals surface area contributed by atoms with E-state index in [1.807, 2.05) is 18.2 Å². The van der Waals surface area contributed by atoms with E-state index in [9.17, 15) is 22.4 Å². The number of hydrogen-bond donors (Lipinski definition) is 3. The zero-order valence-electron chi connectivity index (χ0n) is 18.1. The van der Waals surface area contributed by atoms with Crippen LogP contribution >= 0.6 is 0 Å². The van der Waals surface area contributed by atoms with Crippen LogP contribution in [0.1, 0.15) is 68.4 Å². The highest BCUT2D eigenvalue weighted by molar-refractivity contribution is 5.78. The topological polar surface area (TPSA) is 93.0 Å². The molecule has 3 aliphatic rings. The van der Waals surface area contributed by atoms with Gasteiger partial charge in [-0.25, -0.2) is 22.5 Å². The number of halogens is 4. The highest BCUT2D eigenvalue weighted by Gasteiger charge is 2.46. The molecule has 33 heavy (non-hydrogen) atoms. The van der Waals surface area contributed by atoms with Crippen molar-refractivity contribution in [2.45, 2.75) is 75.0 Å². The number of rotatable bonds is 7. The van der Waals surface area contributed by atoms with Crippen LogP contribution in [0, 0.1) is 11.8 Å². The maximum Gasteiger partial charge on any atom is 0.271 e.